The van der Waals surface area contributed by atoms with Gasteiger partial charge in [-0.05, 0) is 89.1 Å². The predicted octanol–water partition coefficient (Wildman–Crippen LogP) is 13.7. The van der Waals surface area contributed by atoms with Gasteiger partial charge in [0.25, 0.3) is 0 Å². The van der Waals surface area contributed by atoms with Gasteiger partial charge in [0.05, 0.1) is 0 Å². The van der Waals surface area contributed by atoms with E-state index >= 15 is 0 Å². The fourth-order valence-corrected chi connectivity index (χ4v) is 8.94. The van der Waals surface area contributed by atoms with E-state index in [1.807, 2.05) is 11.3 Å². The minimum atomic E-state index is 1.24. The zero-order valence-corrected chi connectivity index (χ0v) is 26.4. The van der Waals surface area contributed by atoms with Crippen LogP contribution in [0.1, 0.15) is 0 Å². The molecule has 0 atom stereocenters. The highest BCUT2D eigenvalue weighted by Gasteiger charge is 2.21. The summed E-state index contributed by atoms with van der Waals surface area (Å²) in [6.07, 6.45) is 0. The topological polar surface area (TPSA) is 0 Å². The third-order valence-electron chi connectivity index (χ3n) is 9.82. The second kappa shape index (κ2) is 10.4. The summed E-state index contributed by atoms with van der Waals surface area (Å²) in [7, 11) is 0. The maximum Gasteiger partial charge on any atom is 0.0434 e. The van der Waals surface area contributed by atoms with Crippen LogP contribution < -0.4 is 0 Å². The van der Waals surface area contributed by atoms with Crippen molar-refractivity contribution in [2.45, 2.75) is 0 Å². The highest BCUT2D eigenvalue weighted by Crippen LogP contribution is 2.49. The Morgan fingerprint density at radius 3 is 1.53 bits per heavy atom. The van der Waals surface area contributed by atoms with E-state index in [-0.39, 0.29) is 0 Å². The number of thiophene rings is 1. The summed E-state index contributed by atoms with van der Waals surface area (Å²) in [5, 5.41) is 12.8. The minimum Gasteiger partial charge on any atom is -0.135 e. The highest BCUT2D eigenvalue weighted by atomic mass is 32.1. The van der Waals surface area contributed by atoms with Crippen LogP contribution in [0.25, 0.3) is 96.6 Å². The van der Waals surface area contributed by atoms with Crippen molar-refractivity contribution in [3.63, 3.8) is 0 Å². The molecule has 9 aromatic carbocycles. The van der Waals surface area contributed by atoms with E-state index in [2.05, 4.69) is 170 Å². The van der Waals surface area contributed by atoms with Crippen molar-refractivity contribution < 1.29 is 0 Å². The summed E-state index contributed by atoms with van der Waals surface area (Å²) >= 11 is 1.90. The van der Waals surface area contributed by atoms with Gasteiger partial charge in [0.1, 0.15) is 0 Å². The van der Waals surface area contributed by atoms with E-state index in [1.165, 1.54) is 96.6 Å². The van der Waals surface area contributed by atoms with Crippen molar-refractivity contribution in [3.05, 3.63) is 170 Å². The van der Waals surface area contributed by atoms with Crippen molar-refractivity contribution >= 4 is 74.6 Å². The van der Waals surface area contributed by atoms with Crippen molar-refractivity contribution in [1.82, 2.24) is 0 Å². The molecule has 0 spiro atoms. The summed E-state index contributed by atoms with van der Waals surface area (Å²) in [5.74, 6) is 0. The summed E-state index contributed by atoms with van der Waals surface area (Å²) < 4.78 is 2.67. The van der Waals surface area contributed by atoms with Crippen LogP contribution in [-0.2, 0) is 0 Å². The van der Waals surface area contributed by atoms with Gasteiger partial charge < -0.3 is 0 Å². The first-order valence-corrected chi connectivity index (χ1v) is 17.0. The van der Waals surface area contributed by atoms with E-state index in [1.54, 1.807) is 0 Å². The van der Waals surface area contributed by atoms with Crippen molar-refractivity contribution in [1.29, 1.82) is 0 Å². The molecule has 218 valence electrons. The van der Waals surface area contributed by atoms with E-state index in [0.29, 0.717) is 0 Å². The molecule has 1 heterocycles. The summed E-state index contributed by atoms with van der Waals surface area (Å²) in [5.41, 5.74) is 7.63. The minimum absolute atomic E-state index is 1.24. The molecule has 0 aliphatic rings. The van der Waals surface area contributed by atoms with Crippen molar-refractivity contribution in [3.8, 4) is 33.4 Å². The molecule has 0 unspecified atom stereocenters. The Hall–Kier alpha value is -5.76. The first-order chi connectivity index (χ1) is 23.3. The third-order valence-corrected chi connectivity index (χ3v) is 11.0. The fourth-order valence-electron chi connectivity index (χ4n) is 7.71. The summed E-state index contributed by atoms with van der Waals surface area (Å²) in [6, 6.07) is 62.8. The van der Waals surface area contributed by atoms with Crippen LogP contribution in [0.2, 0.25) is 0 Å². The smallest absolute Gasteiger partial charge is 0.0434 e. The molecule has 0 bridgehead atoms. The zero-order valence-electron chi connectivity index (χ0n) is 25.6. The van der Waals surface area contributed by atoms with Crippen LogP contribution in [0.3, 0.4) is 0 Å². The van der Waals surface area contributed by atoms with E-state index in [9.17, 15) is 0 Å². The van der Waals surface area contributed by atoms with Gasteiger partial charge in [-0.3, -0.25) is 0 Å². The van der Waals surface area contributed by atoms with Crippen molar-refractivity contribution in [2.75, 3.05) is 0 Å². The number of hydrogen-bond acceptors (Lipinski definition) is 1. The molecule has 1 aromatic heterocycles. The van der Waals surface area contributed by atoms with Gasteiger partial charge in [-0.2, -0.15) is 0 Å². The molecule has 0 aliphatic heterocycles. The maximum absolute atomic E-state index is 2.38. The lowest BCUT2D eigenvalue weighted by molar-refractivity contribution is 1.67. The Kier molecular flexibility index (Phi) is 5.85. The normalized spacial score (nSPS) is 11.8. The average molecular weight is 613 g/mol. The number of fused-ring (bicyclic) bond motifs is 7. The first kappa shape index (κ1) is 26.5. The number of benzene rings is 9. The lowest BCUT2D eigenvalue weighted by Crippen LogP contribution is -1.93. The molecule has 0 aliphatic carbocycles. The predicted molar refractivity (Wildman–Crippen MR) is 206 cm³/mol. The third kappa shape index (κ3) is 4.07. The van der Waals surface area contributed by atoms with Crippen LogP contribution in [0.5, 0.6) is 0 Å². The molecule has 0 amide bonds. The molecule has 10 aromatic rings. The van der Waals surface area contributed by atoms with Crippen molar-refractivity contribution in [2.24, 2.45) is 0 Å². The van der Waals surface area contributed by atoms with Crippen LogP contribution in [0.15, 0.2) is 170 Å². The number of rotatable bonds is 3. The SMILES string of the molecule is c1ccc2cc(-c3c4ccccc4c(-c4ccc5ccccc5c4)c4c(-c5cccc6c5sc5ccccc56)cccc34)ccc2c1. The lowest BCUT2D eigenvalue weighted by atomic mass is 9.82. The second-order valence-electron chi connectivity index (χ2n) is 12.4. The van der Waals surface area contributed by atoms with E-state index in [4.69, 9.17) is 0 Å². The summed E-state index contributed by atoms with van der Waals surface area (Å²) in [6.45, 7) is 0. The van der Waals surface area contributed by atoms with Crippen LogP contribution in [-0.4, -0.2) is 0 Å². The molecule has 10 rings (SSSR count). The monoisotopic (exact) mass is 612 g/mol. The van der Waals surface area contributed by atoms with E-state index < -0.39 is 0 Å². The Morgan fingerprint density at radius 2 is 0.830 bits per heavy atom. The molecule has 0 saturated heterocycles. The van der Waals surface area contributed by atoms with Gasteiger partial charge in [0.15, 0.2) is 0 Å². The standard InChI is InChI=1S/C46H28S/c1-3-13-31-27-33(25-23-29(31)11-1)43-36-16-5-6-17-37(36)44(34-26-24-30-12-2-4-14-32(30)28-34)45-38(18-9-21-41(43)45)40-20-10-19-39-35-15-7-8-22-42(35)47-46(39)40/h1-28H. The van der Waals surface area contributed by atoms with Gasteiger partial charge in [-0.25, -0.2) is 0 Å². The summed E-state index contributed by atoms with van der Waals surface area (Å²) in [4.78, 5) is 0. The van der Waals surface area contributed by atoms with Crippen LogP contribution in [0, 0.1) is 0 Å². The molecule has 0 saturated carbocycles. The molecule has 1 heteroatoms. The van der Waals surface area contributed by atoms with Crippen LogP contribution >= 0.6 is 11.3 Å². The largest absolute Gasteiger partial charge is 0.135 e. The van der Waals surface area contributed by atoms with Crippen LogP contribution in [0.4, 0.5) is 0 Å². The van der Waals surface area contributed by atoms with Gasteiger partial charge in [0.2, 0.25) is 0 Å². The van der Waals surface area contributed by atoms with Gasteiger partial charge >= 0.3 is 0 Å². The molecular weight excluding hydrogens is 585 g/mol. The molecule has 0 radical (unpaired) electrons. The molecule has 0 N–H and O–H groups in total. The van der Waals surface area contributed by atoms with Gasteiger partial charge in [-0.15, -0.1) is 11.3 Å². The Morgan fingerprint density at radius 1 is 0.319 bits per heavy atom. The first-order valence-electron chi connectivity index (χ1n) is 16.2. The Balaban J connectivity index is 1.40. The van der Waals surface area contributed by atoms with Gasteiger partial charge in [-0.1, -0.05) is 152 Å². The highest BCUT2D eigenvalue weighted by molar-refractivity contribution is 7.26. The fraction of sp³-hybridized carbons (Fsp3) is 0. The molecular formula is C46H28S. The zero-order chi connectivity index (χ0) is 30.9. The second-order valence-corrected chi connectivity index (χ2v) is 13.5. The Labute approximate surface area is 276 Å². The van der Waals surface area contributed by atoms with E-state index in [0.717, 1.165) is 0 Å². The Bertz CT molecular complexity index is 2850. The molecule has 0 fully saturated rings. The van der Waals surface area contributed by atoms with Gasteiger partial charge in [0, 0.05) is 25.7 Å². The molecule has 0 nitrogen and oxygen atoms in total. The molecule has 47 heavy (non-hydrogen) atoms. The maximum atomic E-state index is 2.38. The quantitative estimate of drug-likeness (QED) is 0.174. The number of hydrogen-bond donors (Lipinski definition) is 0. The lowest BCUT2D eigenvalue weighted by Gasteiger charge is -2.21. The average Bonchev–Trinajstić information content (AvgIpc) is 3.52.